The van der Waals surface area contributed by atoms with Crippen LogP contribution in [0, 0.1) is 6.92 Å². The van der Waals surface area contributed by atoms with Crippen LogP contribution < -0.4 is 5.32 Å². The molecule has 0 aromatic heterocycles. The van der Waals surface area contributed by atoms with Crippen LogP contribution in [0.15, 0.2) is 23.1 Å². The Morgan fingerprint density at radius 1 is 1.47 bits per heavy atom. The summed E-state index contributed by atoms with van der Waals surface area (Å²) >= 11 is 0. The van der Waals surface area contributed by atoms with E-state index in [0.29, 0.717) is 12.1 Å². The van der Waals surface area contributed by atoms with E-state index in [9.17, 15) is 13.2 Å². The van der Waals surface area contributed by atoms with Crippen LogP contribution in [-0.4, -0.2) is 34.1 Å². The molecule has 1 aromatic carbocycles. The van der Waals surface area contributed by atoms with Crippen LogP contribution in [0.5, 0.6) is 0 Å². The summed E-state index contributed by atoms with van der Waals surface area (Å²) < 4.78 is 27.7. The highest BCUT2D eigenvalue weighted by Crippen LogP contribution is 2.20. The fourth-order valence-corrected chi connectivity index (χ4v) is 2.64. The van der Waals surface area contributed by atoms with Gasteiger partial charge in [0.2, 0.25) is 0 Å². The van der Waals surface area contributed by atoms with Gasteiger partial charge in [0.05, 0.1) is 11.0 Å². The molecule has 19 heavy (non-hydrogen) atoms. The average molecular weight is 306 g/mol. The molecule has 0 heterocycles. The first-order valence-corrected chi connectivity index (χ1v) is 7.93. The van der Waals surface area contributed by atoms with E-state index in [2.05, 4.69) is 5.32 Å². The second-order valence-corrected chi connectivity index (χ2v) is 6.71. The van der Waals surface area contributed by atoms with Crippen molar-refractivity contribution in [3.63, 3.8) is 0 Å². The Balaban J connectivity index is 2.94. The van der Waals surface area contributed by atoms with E-state index in [1.54, 1.807) is 26.2 Å². The van der Waals surface area contributed by atoms with Gasteiger partial charge in [0, 0.05) is 29.9 Å². The molecule has 0 fully saturated rings. The largest absolute Gasteiger partial charge is 0.380 e. The average Bonchev–Trinajstić information content (AvgIpc) is 2.34. The molecule has 0 aliphatic carbocycles. The van der Waals surface area contributed by atoms with Crippen molar-refractivity contribution in [3.05, 3.63) is 29.3 Å². The molecule has 1 aromatic rings. The first kappa shape index (κ1) is 15.9. The first-order chi connectivity index (χ1) is 8.75. The third-order valence-electron chi connectivity index (χ3n) is 2.67. The molecule has 0 radical (unpaired) electrons. The molecule has 5 nitrogen and oxygen atoms in total. The monoisotopic (exact) mass is 305 g/mol. The van der Waals surface area contributed by atoms with Crippen molar-refractivity contribution in [2.75, 3.05) is 13.7 Å². The third kappa shape index (κ3) is 4.49. The van der Waals surface area contributed by atoms with Crippen molar-refractivity contribution in [3.8, 4) is 0 Å². The van der Waals surface area contributed by atoms with E-state index in [4.69, 9.17) is 15.4 Å². The molecule has 0 spiro atoms. The van der Waals surface area contributed by atoms with Gasteiger partial charge in [-0.2, -0.15) is 0 Å². The second kappa shape index (κ2) is 6.36. The number of amides is 1. The Hall–Kier alpha value is -1.11. The van der Waals surface area contributed by atoms with Crippen LogP contribution in [0.3, 0.4) is 0 Å². The molecule has 0 bridgehead atoms. The zero-order valence-corrected chi connectivity index (χ0v) is 12.5. The van der Waals surface area contributed by atoms with Gasteiger partial charge >= 0.3 is 0 Å². The zero-order chi connectivity index (χ0) is 14.6. The number of halogens is 1. The first-order valence-electron chi connectivity index (χ1n) is 5.62. The van der Waals surface area contributed by atoms with Gasteiger partial charge in [-0.25, -0.2) is 8.42 Å². The van der Waals surface area contributed by atoms with Crippen LogP contribution in [0.1, 0.15) is 22.8 Å². The second-order valence-electron chi connectivity index (χ2n) is 4.17. The van der Waals surface area contributed by atoms with Gasteiger partial charge < -0.3 is 10.1 Å². The van der Waals surface area contributed by atoms with Crippen molar-refractivity contribution in [1.82, 2.24) is 5.32 Å². The number of methoxy groups -OCH3 is 1. The summed E-state index contributed by atoms with van der Waals surface area (Å²) in [7, 11) is 3.00. The maximum atomic E-state index is 11.9. The highest BCUT2D eigenvalue weighted by Gasteiger charge is 2.16. The zero-order valence-electron chi connectivity index (χ0n) is 10.9. The number of aryl methyl sites for hydroxylation is 1. The standard InChI is InChI=1S/C12H16ClNO4S/c1-8-4-5-10(6-11(8)19(13,16)17)12(15)14-7-9(2)18-3/h4-6,9H,7H2,1-3H3,(H,14,15). The molecular formula is C12H16ClNO4S. The fourth-order valence-electron chi connectivity index (χ4n) is 1.43. The summed E-state index contributed by atoms with van der Waals surface area (Å²) in [5.41, 5.74) is 0.741. The SMILES string of the molecule is COC(C)CNC(=O)c1ccc(C)c(S(=O)(=O)Cl)c1. The minimum absolute atomic E-state index is 0.0541. The number of hydrogen-bond donors (Lipinski definition) is 1. The lowest BCUT2D eigenvalue weighted by molar-refractivity contribution is 0.0870. The van der Waals surface area contributed by atoms with Gasteiger partial charge in [-0.15, -0.1) is 0 Å². The summed E-state index contributed by atoms with van der Waals surface area (Å²) in [6, 6.07) is 4.36. The molecule has 0 aliphatic rings. The van der Waals surface area contributed by atoms with Crippen molar-refractivity contribution >= 4 is 25.6 Å². The molecule has 106 valence electrons. The van der Waals surface area contributed by atoms with Crippen molar-refractivity contribution < 1.29 is 17.9 Å². The minimum Gasteiger partial charge on any atom is -0.380 e. The molecule has 1 amide bonds. The molecule has 0 aliphatic heterocycles. The van der Waals surface area contributed by atoms with Crippen molar-refractivity contribution in [1.29, 1.82) is 0 Å². The number of carbonyl (C=O) groups excluding carboxylic acids is 1. The number of ether oxygens (including phenoxy) is 1. The van der Waals surface area contributed by atoms with E-state index in [1.165, 1.54) is 6.07 Å². The Morgan fingerprint density at radius 2 is 2.11 bits per heavy atom. The lowest BCUT2D eigenvalue weighted by Gasteiger charge is -2.11. The van der Waals surface area contributed by atoms with Gasteiger partial charge in [0.15, 0.2) is 0 Å². The Morgan fingerprint density at radius 3 is 2.63 bits per heavy atom. The van der Waals surface area contributed by atoms with Crippen molar-refractivity contribution in [2.45, 2.75) is 24.8 Å². The van der Waals surface area contributed by atoms with Gasteiger partial charge in [-0.05, 0) is 31.5 Å². The van der Waals surface area contributed by atoms with Gasteiger partial charge in [-0.1, -0.05) is 6.07 Å². The minimum atomic E-state index is -3.86. The Labute approximate surface area is 117 Å². The van der Waals surface area contributed by atoms with E-state index >= 15 is 0 Å². The third-order valence-corrected chi connectivity index (χ3v) is 4.13. The number of nitrogens with one attached hydrogen (secondary N) is 1. The summed E-state index contributed by atoms with van der Waals surface area (Å²) in [4.78, 5) is 11.8. The maximum absolute atomic E-state index is 11.9. The maximum Gasteiger partial charge on any atom is 0.261 e. The van der Waals surface area contributed by atoms with Crippen LogP contribution in [-0.2, 0) is 13.8 Å². The summed E-state index contributed by atoms with van der Waals surface area (Å²) in [6.45, 7) is 3.76. The Kier molecular flexibility index (Phi) is 5.34. The topological polar surface area (TPSA) is 72.5 Å². The van der Waals surface area contributed by atoms with Gasteiger partial charge in [0.25, 0.3) is 15.0 Å². The lowest BCUT2D eigenvalue weighted by Crippen LogP contribution is -2.31. The molecule has 0 saturated heterocycles. The Bertz CT molecular complexity index is 571. The molecule has 0 saturated carbocycles. The van der Waals surface area contributed by atoms with Crippen LogP contribution in [0.2, 0.25) is 0 Å². The molecule has 1 atom stereocenters. The van der Waals surface area contributed by atoms with Crippen molar-refractivity contribution in [2.24, 2.45) is 0 Å². The number of rotatable bonds is 5. The molecule has 1 unspecified atom stereocenters. The highest BCUT2D eigenvalue weighted by molar-refractivity contribution is 8.13. The van der Waals surface area contributed by atoms with Crippen LogP contribution in [0.4, 0.5) is 0 Å². The fraction of sp³-hybridized carbons (Fsp3) is 0.417. The van der Waals surface area contributed by atoms with Crippen LogP contribution >= 0.6 is 10.7 Å². The van der Waals surface area contributed by atoms with E-state index in [-0.39, 0.29) is 22.5 Å². The lowest BCUT2D eigenvalue weighted by atomic mass is 10.1. The molecular weight excluding hydrogens is 290 g/mol. The smallest absolute Gasteiger partial charge is 0.261 e. The highest BCUT2D eigenvalue weighted by atomic mass is 35.7. The quantitative estimate of drug-likeness (QED) is 0.840. The number of hydrogen-bond acceptors (Lipinski definition) is 4. The predicted molar refractivity (Wildman–Crippen MR) is 73.0 cm³/mol. The van der Waals surface area contributed by atoms with Gasteiger partial charge in [-0.3, -0.25) is 4.79 Å². The summed E-state index contributed by atoms with van der Waals surface area (Å²) in [5, 5.41) is 2.65. The van der Waals surface area contributed by atoms with Gasteiger partial charge in [0.1, 0.15) is 0 Å². The van der Waals surface area contributed by atoms with E-state index < -0.39 is 9.05 Å². The molecule has 1 rings (SSSR count). The number of benzene rings is 1. The molecule has 7 heteroatoms. The number of carbonyl (C=O) groups is 1. The normalized spacial score (nSPS) is 13.1. The molecule has 1 N–H and O–H groups in total. The predicted octanol–water partition coefficient (Wildman–Crippen LogP) is 1.69. The summed E-state index contributed by atoms with van der Waals surface area (Å²) in [5.74, 6) is -0.370. The van der Waals surface area contributed by atoms with Crippen LogP contribution in [0.25, 0.3) is 0 Å². The summed E-state index contributed by atoms with van der Waals surface area (Å²) in [6.07, 6.45) is -0.120. The van der Waals surface area contributed by atoms with E-state index in [0.717, 1.165) is 0 Å². The van der Waals surface area contributed by atoms with E-state index in [1.807, 2.05) is 6.92 Å².